The van der Waals surface area contributed by atoms with Crippen LogP contribution in [0.4, 0.5) is 0 Å². The van der Waals surface area contributed by atoms with E-state index in [0.717, 1.165) is 11.1 Å². The van der Waals surface area contributed by atoms with Crippen LogP contribution >= 0.6 is 11.6 Å². The number of azide groups is 1. The minimum atomic E-state index is -1.73. The number of carbonyl (C=O) groups excluding carboxylic acids is 1. The van der Waals surface area contributed by atoms with E-state index >= 15 is 0 Å². The first-order chi connectivity index (χ1) is 16.0. The molecule has 2 heterocycles. The second-order valence-electron chi connectivity index (χ2n) is 7.61. The number of fused-ring (bicyclic) bond motifs is 1. The number of hydrogen-bond donors (Lipinski definition) is 0. The third kappa shape index (κ3) is 5.22. The Hall–Kier alpha value is -2.46. The lowest BCUT2D eigenvalue weighted by Gasteiger charge is -2.47. The summed E-state index contributed by atoms with van der Waals surface area (Å²) >= 11 is 5.67. The number of alkyl halides is 1. The van der Waals surface area contributed by atoms with Crippen molar-refractivity contribution in [2.24, 2.45) is 5.11 Å². The summed E-state index contributed by atoms with van der Waals surface area (Å²) in [6.45, 7) is 2.02. The van der Waals surface area contributed by atoms with Crippen LogP contribution in [0.3, 0.4) is 0 Å². The van der Waals surface area contributed by atoms with Crippen LogP contribution in [0.1, 0.15) is 17.4 Å². The van der Waals surface area contributed by atoms with Crippen LogP contribution in [0.5, 0.6) is 0 Å². The molecule has 2 aromatic rings. The largest absolute Gasteiger partial charge is 0.458 e. The van der Waals surface area contributed by atoms with E-state index in [1.807, 2.05) is 49.4 Å². The van der Waals surface area contributed by atoms with Crippen LogP contribution < -0.4 is 0 Å². The Bertz CT molecular complexity index is 1050. The van der Waals surface area contributed by atoms with Crippen LogP contribution in [-0.4, -0.2) is 52.5 Å². The van der Waals surface area contributed by atoms with E-state index in [0.29, 0.717) is 4.90 Å². The molecule has 4 rings (SSSR count). The molecule has 0 spiro atoms. The van der Waals surface area contributed by atoms with E-state index in [1.165, 1.54) is 0 Å². The Morgan fingerprint density at radius 2 is 1.94 bits per heavy atom. The lowest BCUT2D eigenvalue weighted by atomic mass is 9.97. The third-order valence-electron chi connectivity index (χ3n) is 5.40. The van der Waals surface area contributed by atoms with Crippen LogP contribution in [0.2, 0.25) is 0 Å². The highest BCUT2D eigenvalue weighted by Crippen LogP contribution is 2.38. The van der Waals surface area contributed by atoms with Crippen LogP contribution in [0, 0.1) is 6.92 Å². The zero-order valence-corrected chi connectivity index (χ0v) is 19.2. The monoisotopic (exact) mass is 491 g/mol. The van der Waals surface area contributed by atoms with Gasteiger partial charge in [-0.2, -0.15) is 0 Å². The van der Waals surface area contributed by atoms with Crippen molar-refractivity contribution in [2.75, 3.05) is 12.5 Å². The van der Waals surface area contributed by atoms with Gasteiger partial charge in [0.2, 0.25) is 0 Å². The van der Waals surface area contributed by atoms with Crippen molar-refractivity contribution in [1.82, 2.24) is 0 Å². The maximum absolute atomic E-state index is 13.4. The summed E-state index contributed by atoms with van der Waals surface area (Å²) in [4.78, 5) is 15.5. The van der Waals surface area contributed by atoms with E-state index in [9.17, 15) is 14.5 Å². The Kier molecular flexibility index (Phi) is 7.64. The highest BCUT2D eigenvalue weighted by molar-refractivity contribution is 7.85. The van der Waals surface area contributed by atoms with Gasteiger partial charge in [-0.05, 0) is 24.6 Å². The molecule has 2 aromatic carbocycles. The Labute approximate surface area is 198 Å². The predicted molar refractivity (Wildman–Crippen MR) is 120 cm³/mol. The number of nitrogens with zero attached hydrogens (tertiary/aromatic N) is 3. The van der Waals surface area contributed by atoms with Gasteiger partial charge in [0, 0.05) is 15.4 Å². The van der Waals surface area contributed by atoms with Crippen molar-refractivity contribution < 1.29 is 28.0 Å². The number of ether oxygens (including phenoxy) is 4. The van der Waals surface area contributed by atoms with Crippen molar-refractivity contribution in [3.63, 3.8) is 0 Å². The third-order valence-corrected chi connectivity index (χ3v) is 7.17. The number of carbonyl (C=O) groups is 1. The number of benzene rings is 2. The molecule has 0 amide bonds. The molecular weight excluding hydrogens is 470 g/mol. The molecule has 7 atom stereocenters. The molecule has 0 aromatic heterocycles. The first-order valence-corrected chi connectivity index (χ1v) is 12.0. The summed E-state index contributed by atoms with van der Waals surface area (Å²) in [5, 5.41) is 3.81. The minimum Gasteiger partial charge on any atom is -0.458 e. The van der Waals surface area contributed by atoms with E-state index in [4.69, 9.17) is 30.5 Å². The number of rotatable bonds is 6. The Morgan fingerprint density at radius 1 is 1.21 bits per heavy atom. The van der Waals surface area contributed by atoms with E-state index in [2.05, 4.69) is 10.0 Å². The van der Waals surface area contributed by atoms with Crippen LogP contribution in [0.25, 0.3) is 10.4 Å². The summed E-state index contributed by atoms with van der Waals surface area (Å²) in [6.07, 6.45) is -3.33. The van der Waals surface area contributed by atoms with Gasteiger partial charge in [-0.15, -0.1) is 11.6 Å². The topological polar surface area (TPSA) is 120 Å². The van der Waals surface area contributed by atoms with Gasteiger partial charge in [-0.1, -0.05) is 53.1 Å². The molecule has 9 nitrogen and oxygen atoms in total. The summed E-state index contributed by atoms with van der Waals surface area (Å²) < 4.78 is 37.0. The zero-order chi connectivity index (χ0) is 23.4. The molecule has 0 radical (unpaired) electrons. The van der Waals surface area contributed by atoms with E-state index in [-0.39, 0.29) is 6.61 Å². The standard InChI is InChI=1S/C22H22ClN3O6S/c1-13-7-9-15(10-8-13)33(28)22-18(25-26-24)20(31-17(27)11-23)19-16(30-22)12-29-21(32-19)14-5-3-2-4-6-14/h2-10,16,18-22H,11-12H2,1H3/t16-,18-,19+,20-,21?,22+,33?/m1/s1. The molecule has 2 saturated heterocycles. The first-order valence-electron chi connectivity index (χ1n) is 10.3. The fourth-order valence-corrected chi connectivity index (χ4v) is 5.26. The smallest absolute Gasteiger partial charge is 0.321 e. The highest BCUT2D eigenvalue weighted by atomic mass is 35.5. The molecule has 2 fully saturated rings. The van der Waals surface area contributed by atoms with Crippen LogP contribution in [-0.2, 0) is 34.5 Å². The normalized spacial score (nSPS) is 29.9. The van der Waals surface area contributed by atoms with Crippen molar-refractivity contribution in [3.05, 3.63) is 76.2 Å². The van der Waals surface area contributed by atoms with Gasteiger partial charge >= 0.3 is 5.97 Å². The average Bonchev–Trinajstić information content (AvgIpc) is 2.85. The lowest BCUT2D eigenvalue weighted by molar-refractivity contribution is -0.306. The van der Waals surface area contributed by atoms with E-state index in [1.54, 1.807) is 12.1 Å². The van der Waals surface area contributed by atoms with Crippen molar-refractivity contribution in [3.8, 4) is 0 Å². The maximum atomic E-state index is 13.4. The zero-order valence-electron chi connectivity index (χ0n) is 17.7. The maximum Gasteiger partial charge on any atom is 0.321 e. The molecular formula is C22H22ClN3O6S. The Morgan fingerprint density at radius 3 is 2.61 bits per heavy atom. The molecule has 0 saturated carbocycles. The van der Waals surface area contributed by atoms with Gasteiger partial charge in [-0.25, -0.2) is 0 Å². The molecule has 174 valence electrons. The summed E-state index contributed by atoms with van der Waals surface area (Å²) in [7, 11) is -1.73. The Balaban J connectivity index is 1.67. The SMILES string of the molecule is Cc1ccc(S(=O)[C@@H]2O[C@@H]3COC(c4ccccc4)O[C@@H]3[C@H](OC(=O)CCl)[C@H]2N=[N+]=[N-])cc1. The molecule has 0 N–H and O–H groups in total. The quantitative estimate of drug-likeness (QED) is 0.199. The number of aryl methyl sites for hydroxylation is 1. The number of halogens is 1. The fraction of sp³-hybridized carbons (Fsp3) is 0.409. The second kappa shape index (κ2) is 10.6. The molecule has 0 aliphatic carbocycles. The van der Waals surface area contributed by atoms with Crippen molar-refractivity contribution in [1.29, 1.82) is 0 Å². The molecule has 2 unspecified atom stereocenters. The number of esters is 1. The van der Waals surface area contributed by atoms with Gasteiger partial charge < -0.3 is 18.9 Å². The molecule has 33 heavy (non-hydrogen) atoms. The van der Waals surface area contributed by atoms with Gasteiger partial charge in [-0.3, -0.25) is 9.00 Å². The average molecular weight is 492 g/mol. The highest BCUT2D eigenvalue weighted by Gasteiger charge is 2.53. The lowest BCUT2D eigenvalue weighted by Crippen LogP contribution is -2.63. The van der Waals surface area contributed by atoms with Gasteiger partial charge in [0.15, 0.2) is 6.29 Å². The van der Waals surface area contributed by atoms with Gasteiger partial charge in [0.25, 0.3) is 0 Å². The minimum absolute atomic E-state index is 0.101. The summed E-state index contributed by atoms with van der Waals surface area (Å²) in [5.41, 5.74) is 9.92. The molecule has 2 aliphatic rings. The summed E-state index contributed by atoms with van der Waals surface area (Å²) in [5.74, 6) is -1.12. The van der Waals surface area contributed by atoms with Crippen molar-refractivity contribution >= 4 is 28.4 Å². The van der Waals surface area contributed by atoms with Crippen LogP contribution in [0.15, 0.2) is 64.6 Å². The summed E-state index contributed by atoms with van der Waals surface area (Å²) in [6, 6.07) is 15.2. The van der Waals surface area contributed by atoms with E-state index < -0.39 is 58.7 Å². The van der Waals surface area contributed by atoms with Crippen molar-refractivity contribution in [2.45, 2.75) is 47.9 Å². The van der Waals surface area contributed by atoms with Gasteiger partial charge in [0.1, 0.15) is 35.7 Å². The van der Waals surface area contributed by atoms with Gasteiger partial charge in [0.05, 0.1) is 17.4 Å². The molecule has 2 aliphatic heterocycles. The molecule has 11 heteroatoms. The molecule has 0 bridgehead atoms. The second-order valence-corrected chi connectivity index (χ2v) is 9.41. The predicted octanol–water partition coefficient (Wildman–Crippen LogP) is 3.77. The number of hydrogen-bond acceptors (Lipinski definition) is 7. The fourth-order valence-electron chi connectivity index (χ4n) is 3.82. The first kappa shape index (κ1) is 23.7.